The summed E-state index contributed by atoms with van der Waals surface area (Å²) in [6, 6.07) is 5.38. The number of methoxy groups -OCH3 is 2. The molecule has 0 unspecified atom stereocenters. The summed E-state index contributed by atoms with van der Waals surface area (Å²) in [7, 11) is 2.99. The lowest BCUT2D eigenvalue weighted by Gasteiger charge is -2.10. The van der Waals surface area contributed by atoms with Crippen LogP contribution >= 0.6 is 0 Å². The van der Waals surface area contributed by atoms with Gasteiger partial charge in [-0.25, -0.2) is 5.90 Å². The summed E-state index contributed by atoms with van der Waals surface area (Å²) < 4.78 is 10.2. The van der Waals surface area contributed by atoms with Crippen LogP contribution in [0.15, 0.2) is 12.1 Å². The van der Waals surface area contributed by atoms with Gasteiger partial charge in [0.15, 0.2) is 11.5 Å². The molecule has 0 amide bonds. The zero-order chi connectivity index (χ0) is 11.3. The number of nitrogens with two attached hydrogens (primary N) is 1. The Morgan fingerprint density at radius 1 is 1.33 bits per heavy atom. The van der Waals surface area contributed by atoms with Gasteiger partial charge in [0, 0.05) is 0 Å². The number of nitriles is 1. The van der Waals surface area contributed by atoms with E-state index in [9.17, 15) is 0 Å². The highest BCUT2D eigenvalue weighted by Crippen LogP contribution is 2.32. The van der Waals surface area contributed by atoms with Gasteiger partial charge in [0.2, 0.25) is 0 Å². The second-order valence-corrected chi connectivity index (χ2v) is 2.80. The van der Waals surface area contributed by atoms with Crippen LogP contribution in [-0.4, -0.2) is 14.2 Å². The summed E-state index contributed by atoms with van der Waals surface area (Å²) in [4.78, 5) is 4.49. The molecular formula is C10H12N2O3. The van der Waals surface area contributed by atoms with E-state index in [4.69, 9.17) is 20.6 Å². The van der Waals surface area contributed by atoms with Gasteiger partial charge in [-0.1, -0.05) is 0 Å². The highest BCUT2D eigenvalue weighted by Gasteiger charge is 2.11. The lowest BCUT2D eigenvalue weighted by Crippen LogP contribution is -2.01. The molecule has 0 saturated carbocycles. The Labute approximate surface area is 87.9 Å². The van der Waals surface area contributed by atoms with Gasteiger partial charge in [0.1, 0.15) is 6.07 Å². The van der Waals surface area contributed by atoms with Crippen LogP contribution in [0.1, 0.15) is 11.1 Å². The Morgan fingerprint density at radius 2 is 2.07 bits per heavy atom. The standard InChI is InChI=1S/C10H12N2O3/c1-13-9-4-7(6-15-12)3-8(5-11)10(9)14-2/h3-4H,6,12H2,1-2H3. The molecule has 0 atom stereocenters. The van der Waals surface area contributed by atoms with Gasteiger partial charge in [-0.15, -0.1) is 0 Å². The average molecular weight is 208 g/mol. The summed E-state index contributed by atoms with van der Waals surface area (Å²) in [6.45, 7) is 0.217. The molecule has 0 bridgehead atoms. The van der Waals surface area contributed by atoms with E-state index >= 15 is 0 Å². The third-order valence-electron chi connectivity index (χ3n) is 1.91. The molecule has 0 heterocycles. The maximum atomic E-state index is 8.90. The predicted molar refractivity (Wildman–Crippen MR) is 53.2 cm³/mol. The van der Waals surface area contributed by atoms with Crippen LogP contribution in [-0.2, 0) is 11.4 Å². The van der Waals surface area contributed by atoms with Gasteiger partial charge in [0.05, 0.1) is 26.4 Å². The summed E-state index contributed by atoms with van der Waals surface area (Å²) >= 11 is 0. The van der Waals surface area contributed by atoms with E-state index in [-0.39, 0.29) is 6.61 Å². The fourth-order valence-electron chi connectivity index (χ4n) is 1.28. The normalized spacial score (nSPS) is 9.47. The average Bonchev–Trinajstić information content (AvgIpc) is 2.28. The highest BCUT2D eigenvalue weighted by molar-refractivity contribution is 5.54. The first-order valence-electron chi connectivity index (χ1n) is 4.23. The molecule has 1 rings (SSSR count). The molecule has 0 fully saturated rings. The number of ether oxygens (including phenoxy) is 2. The molecule has 15 heavy (non-hydrogen) atoms. The van der Waals surface area contributed by atoms with E-state index in [1.807, 2.05) is 6.07 Å². The second kappa shape index (κ2) is 5.20. The molecule has 0 radical (unpaired) electrons. The van der Waals surface area contributed by atoms with Crippen molar-refractivity contribution in [2.75, 3.05) is 14.2 Å². The molecule has 0 aliphatic carbocycles. The smallest absolute Gasteiger partial charge is 0.178 e. The zero-order valence-electron chi connectivity index (χ0n) is 8.61. The molecule has 1 aromatic rings. The van der Waals surface area contributed by atoms with Crippen molar-refractivity contribution in [1.29, 1.82) is 5.26 Å². The Morgan fingerprint density at radius 3 is 2.53 bits per heavy atom. The molecule has 1 aromatic carbocycles. The van der Waals surface area contributed by atoms with Crippen molar-refractivity contribution < 1.29 is 14.3 Å². The zero-order valence-corrected chi connectivity index (χ0v) is 8.61. The summed E-state index contributed by atoms with van der Waals surface area (Å²) in [5.41, 5.74) is 1.15. The van der Waals surface area contributed by atoms with Crippen LogP contribution in [0.4, 0.5) is 0 Å². The van der Waals surface area contributed by atoms with Gasteiger partial charge in [-0.3, -0.25) is 4.84 Å². The summed E-state index contributed by atoms with van der Waals surface area (Å²) in [5.74, 6) is 5.87. The highest BCUT2D eigenvalue weighted by atomic mass is 16.6. The molecule has 80 valence electrons. The second-order valence-electron chi connectivity index (χ2n) is 2.80. The SMILES string of the molecule is COc1cc(CON)cc(C#N)c1OC. The lowest BCUT2D eigenvalue weighted by molar-refractivity contribution is 0.124. The molecule has 0 aliphatic rings. The Kier molecular flexibility index (Phi) is 3.92. The fourth-order valence-corrected chi connectivity index (χ4v) is 1.28. The summed E-state index contributed by atoms with van der Waals surface area (Å²) in [6.07, 6.45) is 0. The van der Waals surface area contributed by atoms with Crippen LogP contribution in [0.5, 0.6) is 11.5 Å². The number of nitrogens with zero attached hydrogens (tertiary/aromatic N) is 1. The predicted octanol–water partition coefficient (Wildman–Crippen LogP) is 0.966. The van der Waals surface area contributed by atoms with Crippen molar-refractivity contribution in [3.05, 3.63) is 23.3 Å². The molecule has 5 nitrogen and oxygen atoms in total. The third kappa shape index (κ3) is 2.37. The van der Waals surface area contributed by atoms with Crippen molar-refractivity contribution in [3.8, 4) is 17.6 Å². The van der Waals surface area contributed by atoms with Gasteiger partial charge in [-0.2, -0.15) is 5.26 Å². The Bertz CT molecular complexity index is 385. The molecular weight excluding hydrogens is 196 g/mol. The van der Waals surface area contributed by atoms with Gasteiger partial charge in [0.25, 0.3) is 0 Å². The minimum Gasteiger partial charge on any atom is -0.493 e. The Hall–Kier alpha value is -1.77. The number of hydrogen-bond acceptors (Lipinski definition) is 5. The number of benzene rings is 1. The van der Waals surface area contributed by atoms with E-state index in [0.29, 0.717) is 17.1 Å². The monoisotopic (exact) mass is 208 g/mol. The molecule has 5 heteroatoms. The largest absolute Gasteiger partial charge is 0.493 e. The Balaban J connectivity index is 3.24. The molecule has 0 saturated heterocycles. The minimum atomic E-state index is 0.217. The van der Waals surface area contributed by atoms with Crippen LogP contribution in [0.3, 0.4) is 0 Å². The minimum absolute atomic E-state index is 0.217. The van der Waals surface area contributed by atoms with Crippen molar-refractivity contribution in [1.82, 2.24) is 0 Å². The van der Waals surface area contributed by atoms with Crippen molar-refractivity contribution in [3.63, 3.8) is 0 Å². The first-order valence-corrected chi connectivity index (χ1v) is 4.23. The van der Waals surface area contributed by atoms with Crippen LogP contribution < -0.4 is 15.4 Å². The van der Waals surface area contributed by atoms with Crippen LogP contribution in [0.25, 0.3) is 0 Å². The van der Waals surface area contributed by atoms with Gasteiger partial charge < -0.3 is 9.47 Å². The molecule has 0 aromatic heterocycles. The molecule has 0 spiro atoms. The van der Waals surface area contributed by atoms with E-state index in [0.717, 1.165) is 5.56 Å². The van der Waals surface area contributed by atoms with Crippen molar-refractivity contribution in [2.24, 2.45) is 5.90 Å². The van der Waals surface area contributed by atoms with Crippen LogP contribution in [0.2, 0.25) is 0 Å². The quantitative estimate of drug-likeness (QED) is 0.746. The van der Waals surface area contributed by atoms with Gasteiger partial charge >= 0.3 is 0 Å². The fraction of sp³-hybridized carbons (Fsp3) is 0.300. The summed E-state index contributed by atoms with van der Waals surface area (Å²) in [5, 5.41) is 8.90. The maximum Gasteiger partial charge on any atom is 0.178 e. The maximum absolute atomic E-state index is 8.90. The topological polar surface area (TPSA) is 77.5 Å². The van der Waals surface area contributed by atoms with E-state index in [2.05, 4.69) is 4.84 Å². The van der Waals surface area contributed by atoms with E-state index < -0.39 is 0 Å². The van der Waals surface area contributed by atoms with Crippen molar-refractivity contribution >= 4 is 0 Å². The van der Waals surface area contributed by atoms with Crippen LogP contribution in [0, 0.1) is 11.3 Å². The first kappa shape index (κ1) is 11.3. The first-order chi connectivity index (χ1) is 7.26. The number of hydrogen-bond donors (Lipinski definition) is 1. The van der Waals surface area contributed by atoms with E-state index in [1.54, 1.807) is 12.1 Å². The van der Waals surface area contributed by atoms with Gasteiger partial charge in [-0.05, 0) is 17.7 Å². The lowest BCUT2D eigenvalue weighted by atomic mass is 10.1. The third-order valence-corrected chi connectivity index (χ3v) is 1.91. The molecule has 0 aliphatic heterocycles. The molecule has 2 N–H and O–H groups in total. The van der Waals surface area contributed by atoms with E-state index in [1.165, 1.54) is 14.2 Å². The van der Waals surface area contributed by atoms with Crippen molar-refractivity contribution in [2.45, 2.75) is 6.61 Å². The number of rotatable bonds is 4.